The van der Waals surface area contributed by atoms with E-state index < -0.39 is 5.82 Å². The molecule has 100 valence electrons. The minimum Gasteiger partial charge on any atom is -0.485 e. The molecule has 2 aromatic carbocycles. The lowest BCUT2D eigenvalue weighted by Crippen LogP contribution is -2.09. The van der Waals surface area contributed by atoms with Crippen molar-refractivity contribution in [1.82, 2.24) is 0 Å². The number of ether oxygens (including phenoxy) is 1. The highest BCUT2D eigenvalue weighted by Gasteiger charge is 2.13. The van der Waals surface area contributed by atoms with E-state index in [9.17, 15) is 4.39 Å². The summed E-state index contributed by atoms with van der Waals surface area (Å²) in [5.41, 5.74) is 7.34. The highest BCUT2D eigenvalue weighted by Crippen LogP contribution is 2.28. The maximum absolute atomic E-state index is 13.8. The summed E-state index contributed by atoms with van der Waals surface area (Å²) < 4.78 is 19.3. The topological polar surface area (TPSA) is 35.2 Å². The Bertz CT molecular complexity index is 572. The maximum atomic E-state index is 13.8. The molecule has 2 aromatic rings. The largest absolute Gasteiger partial charge is 0.485 e. The molecule has 2 nitrogen and oxygen atoms in total. The molecule has 0 aliphatic rings. The summed E-state index contributed by atoms with van der Waals surface area (Å²) in [4.78, 5) is 0. The molecule has 0 fully saturated rings. The first-order chi connectivity index (χ1) is 9.08. The van der Waals surface area contributed by atoms with Crippen LogP contribution in [0.15, 0.2) is 42.5 Å². The molecule has 0 saturated carbocycles. The molecule has 2 rings (SSSR count). The molecule has 0 unspecified atom stereocenters. The van der Waals surface area contributed by atoms with E-state index >= 15 is 0 Å². The Kier molecular flexibility index (Phi) is 4.40. The van der Waals surface area contributed by atoms with Crippen LogP contribution < -0.4 is 10.5 Å². The van der Waals surface area contributed by atoms with Crippen LogP contribution in [0.4, 0.5) is 4.39 Å². The predicted molar refractivity (Wildman–Crippen MR) is 74.8 cm³/mol. The summed E-state index contributed by atoms with van der Waals surface area (Å²) in [6.45, 7) is 2.04. The van der Waals surface area contributed by atoms with E-state index in [4.69, 9.17) is 22.1 Å². The van der Waals surface area contributed by atoms with Crippen LogP contribution in [-0.2, 0) is 6.61 Å². The van der Waals surface area contributed by atoms with Crippen LogP contribution in [0.3, 0.4) is 0 Å². The number of halogens is 2. The third-order valence-electron chi connectivity index (χ3n) is 2.76. The lowest BCUT2D eigenvalue weighted by atomic mass is 10.1. The van der Waals surface area contributed by atoms with Gasteiger partial charge in [-0.05, 0) is 30.7 Å². The molecular weight excluding hydrogens is 265 g/mol. The molecule has 0 amide bonds. The number of hydrogen-bond donors (Lipinski definition) is 1. The summed E-state index contributed by atoms with van der Waals surface area (Å²) in [7, 11) is 0. The first kappa shape index (κ1) is 13.8. The van der Waals surface area contributed by atoms with Gasteiger partial charge in [0.15, 0.2) is 11.6 Å². The minimum atomic E-state index is -0.406. The Balaban J connectivity index is 2.19. The fourth-order valence-electron chi connectivity index (χ4n) is 1.82. The fourth-order valence-corrected chi connectivity index (χ4v) is 2.03. The number of para-hydroxylation sites is 1. The minimum absolute atomic E-state index is 0.206. The highest BCUT2D eigenvalue weighted by atomic mass is 35.5. The van der Waals surface area contributed by atoms with Gasteiger partial charge < -0.3 is 10.5 Å². The van der Waals surface area contributed by atoms with Crippen LogP contribution in [0.2, 0.25) is 5.02 Å². The Morgan fingerprint density at radius 2 is 2.00 bits per heavy atom. The standard InChI is InChI=1S/C15H15ClFNO/c1-10(18)13-6-3-7-14(17)15(13)19-9-11-4-2-5-12(16)8-11/h2-8,10H,9,18H2,1H3/t10-/m1/s1. The first-order valence-electron chi connectivity index (χ1n) is 5.99. The third-order valence-corrected chi connectivity index (χ3v) is 3.00. The van der Waals surface area contributed by atoms with E-state index in [0.717, 1.165) is 5.56 Å². The second-order valence-electron chi connectivity index (χ2n) is 4.37. The van der Waals surface area contributed by atoms with Crippen molar-refractivity contribution in [2.75, 3.05) is 0 Å². The van der Waals surface area contributed by atoms with Crippen LogP contribution in [0.5, 0.6) is 5.75 Å². The smallest absolute Gasteiger partial charge is 0.165 e. The predicted octanol–water partition coefficient (Wildman–Crippen LogP) is 4.08. The van der Waals surface area contributed by atoms with Crippen LogP contribution in [-0.4, -0.2) is 0 Å². The van der Waals surface area contributed by atoms with Gasteiger partial charge in [-0.2, -0.15) is 0 Å². The second-order valence-corrected chi connectivity index (χ2v) is 4.80. The van der Waals surface area contributed by atoms with Crippen LogP contribution in [0, 0.1) is 5.82 Å². The van der Waals surface area contributed by atoms with Crippen molar-refractivity contribution >= 4 is 11.6 Å². The molecule has 19 heavy (non-hydrogen) atoms. The second kappa shape index (κ2) is 6.04. The average molecular weight is 280 g/mol. The fraction of sp³-hybridized carbons (Fsp3) is 0.200. The Morgan fingerprint density at radius 1 is 1.26 bits per heavy atom. The summed E-state index contributed by atoms with van der Waals surface area (Å²) in [6.07, 6.45) is 0. The zero-order chi connectivity index (χ0) is 13.8. The highest BCUT2D eigenvalue weighted by molar-refractivity contribution is 6.30. The quantitative estimate of drug-likeness (QED) is 0.915. The molecule has 0 radical (unpaired) electrons. The van der Waals surface area contributed by atoms with Gasteiger partial charge >= 0.3 is 0 Å². The van der Waals surface area contributed by atoms with E-state index in [0.29, 0.717) is 10.6 Å². The molecule has 4 heteroatoms. The maximum Gasteiger partial charge on any atom is 0.165 e. The van der Waals surface area contributed by atoms with E-state index in [1.54, 1.807) is 31.2 Å². The number of hydrogen-bond acceptors (Lipinski definition) is 2. The third kappa shape index (κ3) is 3.46. The summed E-state index contributed by atoms with van der Waals surface area (Å²) >= 11 is 5.89. The molecule has 0 saturated heterocycles. The molecule has 0 aliphatic carbocycles. The first-order valence-corrected chi connectivity index (χ1v) is 6.37. The van der Waals surface area contributed by atoms with Crippen LogP contribution in [0.1, 0.15) is 24.1 Å². The molecule has 0 heterocycles. The van der Waals surface area contributed by atoms with Gasteiger partial charge in [0.2, 0.25) is 0 Å². The zero-order valence-corrected chi connectivity index (χ0v) is 11.3. The van der Waals surface area contributed by atoms with E-state index in [2.05, 4.69) is 0 Å². The van der Waals surface area contributed by atoms with Crippen molar-refractivity contribution in [3.05, 3.63) is 64.4 Å². The monoisotopic (exact) mass is 279 g/mol. The SMILES string of the molecule is C[C@@H](N)c1cccc(F)c1OCc1cccc(Cl)c1. The van der Waals surface area contributed by atoms with Gasteiger partial charge in [-0.25, -0.2) is 4.39 Å². The van der Waals surface area contributed by atoms with Crippen molar-refractivity contribution in [1.29, 1.82) is 0 Å². The van der Waals surface area contributed by atoms with Gasteiger partial charge in [0.25, 0.3) is 0 Å². The van der Waals surface area contributed by atoms with E-state index in [-0.39, 0.29) is 18.4 Å². The van der Waals surface area contributed by atoms with E-state index in [1.807, 2.05) is 12.1 Å². The van der Waals surface area contributed by atoms with E-state index in [1.165, 1.54) is 6.07 Å². The van der Waals surface area contributed by atoms with Gasteiger partial charge in [0.1, 0.15) is 6.61 Å². The molecule has 0 aliphatic heterocycles. The van der Waals surface area contributed by atoms with Crippen molar-refractivity contribution in [2.24, 2.45) is 5.73 Å². The normalized spacial score (nSPS) is 12.2. The lowest BCUT2D eigenvalue weighted by Gasteiger charge is -2.14. The number of benzene rings is 2. The molecule has 0 bridgehead atoms. The van der Waals surface area contributed by atoms with Crippen molar-refractivity contribution in [3.63, 3.8) is 0 Å². The average Bonchev–Trinajstić information content (AvgIpc) is 2.37. The Hall–Kier alpha value is -1.58. The van der Waals surface area contributed by atoms with Gasteiger partial charge in [0, 0.05) is 16.6 Å². The van der Waals surface area contributed by atoms with Crippen molar-refractivity contribution in [3.8, 4) is 5.75 Å². The van der Waals surface area contributed by atoms with Crippen LogP contribution in [0.25, 0.3) is 0 Å². The van der Waals surface area contributed by atoms with Crippen LogP contribution >= 0.6 is 11.6 Å². The Morgan fingerprint density at radius 3 is 2.68 bits per heavy atom. The lowest BCUT2D eigenvalue weighted by molar-refractivity contribution is 0.285. The number of rotatable bonds is 4. The zero-order valence-electron chi connectivity index (χ0n) is 10.6. The van der Waals surface area contributed by atoms with Gasteiger partial charge in [-0.3, -0.25) is 0 Å². The van der Waals surface area contributed by atoms with Gasteiger partial charge in [0.05, 0.1) is 0 Å². The van der Waals surface area contributed by atoms with Crippen molar-refractivity contribution in [2.45, 2.75) is 19.6 Å². The summed E-state index contributed by atoms with van der Waals surface area (Å²) in [5, 5.41) is 0.627. The number of nitrogens with two attached hydrogens (primary N) is 1. The Labute approximate surface area is 117 Å². The van der Waals surface area contributed by atoms with Crippen molar-refractivity contribution < 1.29 is 9.13 Å². The molecule has 2 N–H and O–H groups in total. The van der Waals surface area contributed by atoms with Gasteiger partial charge in [-0.1, -0.05) is 35.9 Å². The molecule has 1 atom stereocenters. The summed E-state index contributed by atoms with van der Waals surface area (Å²) in [5.74, 6) is -0.200. The summed E-state index contributed by atoms with van der Waals surface area (Å²) in [6, 6.07) is 11.7. The molecule has 0 aromatic heterocycles. The molecular formula is C15H15ClFNO. The molecule has 0 spiro atoms. The van der Waals surface area contributed by atoms with Gasteiger partial charge in [-0.15, -0.1) is 0 Å².